The van der Waals surface area contributed by atoms with Crippen molar-refractivity contribution < 1.29 is 14.5 Å². The number of amides is 2. The molecule has 2 amide bonds. The lowest BCUT2D eigenvalue weighted by atomic mass is 10.1. The van der Waals surface area contributed by atoms with Gasteiger partial charge < -0.3 is 4.98 Å². The lowest BCUT2D eigenvalue weighted by molar-refractivity contribution is -0.384. The number of aromatic amines is 1. The second kappa shape index (κ2) is 9.07. The maximum Gasteiger partial charge on any atom is 0.288 e. The summed E-state index contributed by atoms with van der Waals surface area (Å²) in [5, 5.41) is 14.0. The van der Waals surface area contributed by atoms with Crippen LogP contribution in [-0.2, 0) is 4.79 Å². The molecular formula is C27H19N5O4S. The first-order valence-electron chi connectivity index (χ1n) is 11.5. The van der Waals surface area contributed by atoms with Crippen molar-refractivity contribution in [1.29, 1.82) is 0 Å². The highest BCUT2D eigenvalue weighted by molar-refractivity contribution is 8.00. The number of carbonyl (C=O) groups is 2. The summed E-state index contributed by atoms with van der Waals surface area (Å²) in [6, 6.07) is 24.9. The summed E-state index contributed by atoms with van der Waals surface area (Å²) in [5.74, 6) is -0.511. The molecule has 3 heterocycles. The maximum atomic E-state index is 13.5. The zero-order valence-corrected chi connectivity index (χ0v) is 20.1. The number of non-ortho nitro benzene ring substituents is 1. The van der Waals surface area contributed by atoms with Crippen LogP contribution in [0.2, 0.25) is 0 Å². The molecular weight excluding hydrogens is 490 g/mol. The van der Waals surface area contributed by atoms with E-state index >= 15 is 0 Å². The SMILES string of the molecule is O=C(NN1C(=O)CSC1c1ccccc1)c1cc2c([nH]c3ccccc32)c(-c2cccc([N+](=O)[O-])c2)n1. The molecule has 3 aromatic carbocycles. The molecule has 0 spiro atoms. The smallest absolute Gasteiger partial charge is 0.288 e. The molecule has 9 nitrogen and oxygen atoms in total. The molecule has 0 bridgehead atoms. The normalized spacial score (nSPS) is 15.4. The van der Waals surface area contributed by atoms with Crippen LogP contribution in [0.1, 0.15) is 21.4 Å². The van der Waals surface area contributed by atoms with Crippen molar-refractivity contribution in [2.75, 3.05) is 5.75 Å². The Bertz CT molecular complexity index is 1700. The lowest BCUT2D eigenvalue weighted by Crippen LogP contribution is -2.44. The van der Waals surface area contributed by atoms with Gasteiger partial charge in [0.15, 0.2) is 0 Å². The van der Waals surface area contributed by atoms with E-state index in [4.69, 9.17) is 0 Å². The summed E-state index contributed by atoms with van der Waals surface area (Å²) >= 11 is 1.43. The molecule has 6 rings (SSSR count). The van der Waals surface area contributed by atoms with Crippen molar-refractivity contribution >= 4 is 51.1 Å². The molecule has 0 radical (unpaired) electrons. The molecule has 1 aliphatic rings. The molecule has 1 fully saturated rings. The van der Waals surface area contributed by atoms with Gasteiger partial charge in [0.1, 0.15) is 11.1 Å². The fourth-order valence-electron chi connectivity index (χ4n) is 4.51. The molecule has 0 saturated carbocycles. The number of nitrogens with one attached hydrogen (secondary N) is 2. The third kappa shape index (κ3) is 4.07. The van der Waals surface area contributed by atoms with Crippen molar-refractivity contribution in [2.24, 2.45) is 0 Å². The number of fused-ring (bicyclic) bond motifs is 3. The topological polar surface area (TPSA) is 121 Å². The predicted molar refractivity (Wildman–Crippen MR) is 142 cm³/mol. The summed E-state index contributed by atoms with van der Waals surface area (Å²) in [4.78, 5) is 45.0. The van der Waals surface area contributed by atoms with E-state index in [-0.39, 0.29) is 28.4 Å². The Morgan fingerprint density at radius 2 is 1.81 bits per heavy atom. The van der Waals surface area contributed by atoms with E-state index in [1.54, 1.807) is 18.2 Å². The van der Waals surface area contributed by atoms with Crippen LogP contribution < -0.4 is 5.43 Å². The number of H-pyrrole nitrogens is 1. The van der Waals surface area contributed by atoms with Gasteiger partial charge in [-0.15, -0.1) is 11.8 Å². The molecule has 2 aromatic heterocycles. The van der Waals surface area contributed by atoms with E-state index < -0.39 is 10.8 Å². The number of hydrogen-bond donors (Lipinski definition) is 2. The number of hydrazine groups is 1. The van der Waals surface area contributed by atoms with Crippen LogP contribution in [0.25, 0.3) is 33.1 Å². The number of carbonyl (C=O) groups excluding carboxylic acids is 2. The van der Waals surface area contributed by atoms with E-state index in [2.05, 4.69) is 15.4 Å². The van der Waals surface area contributed by atoms with Gasteiger partial charge in [-0.05, 0) is 17.7 Å². The van der Waals surface area contributed by atoms with Crippen LogP contribution in [0.4, 0.5) is 5.69 Å². The Kier molecular flexibility index (Phi) is 5.57. The van der Waals surface area contributed by atoms with Gasteiger partial charge in [-0.25, -0.2) is 9.99 Å². The largest absolute Gasteiger partial charge is 0.353 e. The standard InChI is InChI=1S/C27H19N5O4S/c33-23-15-37-27(16-7-2-1-3-8-16)31(23)30-26(34)22-14-20-19-11-4-5-12-21(19)28-25(20)24(29-22)17-9-6-10-18(13-17)32(35)36/h1-14,27-28H,15H2,(H,30,34). The van der Waals surface area contributed by atoms with E-state index in [1.807, 2.05) is 54.6 Å². The van der Waals surface area contributed by atoms with Crippen molar-refractivity contribution in [2.45, 2.75) is 5.37 Å². The van der Waals surface area contributed by atoms with Gasteiger partial charge in [0.25, 0.3) is 17.5 Å². The minimum absolute atomic E-state index is 0.0798. The number of rotatable bonds is 5. The number of hydrogen-bond acceptors (Lipinski definition) is 6. The van der Waals surface area contributed by atoms with Crippen LogP contribution in [0, 0.1) is 10.1 Å². The van der Waals surface area contributed by atoms with Gasteiger partial charge in [-0.3, -0.25) is 25.1 Å². The van der Waals surface area contributed by atoms with Crippen LogP contribution in [-0.4, -0.2) is 37.5 Å². The summed E-state index contributed by atoms with van der Waals surface area (Å²) < 4.78 is 0. The molecule has 0 aliphatic carbocycles. The van der Waals surface area contributed by atoms with Gasteiger partial charge >= 0.3 is 0 Å². The predicted octanol–water partition coefficient (Wildman–Crippen LogP) is 5.21. The Balaban J connectivity index is 1.45. The molecule has 1 unspecified atom stereocenters. The highest BCUT2D eigenvalue weighted by Gasteiger charge is 2.34. The second-order valence-electron chi connectivity index (χ2n) is 8.54. The fourth-order valence-corrected chi connectivity index (χ4v) is 5.62. The minimum Gasteiger partial charge on any atom is -0.353 e. The molecule has 1 saturated heterocycles. The number of nitro benzene ring substituents is 1. The average Bonchev–Trinajstić information content (AvgIpc) is 3.48. The highest BCUT2D eigenvalue weighted by Crippen LogP contribution is 2.38. The molecule has 10 heteroatoms. The number of nitro groups is 1. The fraction of sp³-hybridized carbons (Fsp3) is 0.0741. The molecule has 1 aliphatic heterocycles. The van der Waals surface area contributed by atoms with Crippen LogP contribution in [0.15, 0.2) is 84.9 Å². The molecule has 5 aromatic rings. The van der Waals surface area contributed by atoms with Crippen molar-refractivity contribution in [3.8, 4) is 11.3 Å². The number of para-hydroxylation sites is 1. The van der Waals surface area contributed by atoms with E-state index in [9.17, 15) is 19.7 Å². The van der Waals surface area contributed by atoms with Crippen LogP contribution in [0.5, 0.6) is 0 Å². The van der Waals surface area contributed by atoms with E-state index in [0.29, 0.717) is 16.8 Å². The van der Waals surface area contributed by atoms with Crippen molar-refractivity contribution in [3.05, 3.63) is 106 Å². The third-order valence-corrected chi connectivity index (χ3v) is 7.45. The van der Waals surface area contributed by atoms with Gasteiger partial charge in [0.2, 0.25) is 0 Å². The Morgan fingerprint density at radius 3 is 2.62 bits per heavy atom. The highest BCUT2D eigenvalue weighted by atomic mass is 32.2. The zero-order valence-electron chi connectivity index (χ0n) is 19.3. The van der Waals surface area contributed by atoms with E-state index in [0.717, 1.165) is 21.9 Å². The van der Waals surface area contributed by atoms with Gasteiger partial charge in [0.05, 0.1) is 21.9 Å². The summed E-state index contributed by atoms with van der Waals surface area (Å²) in [6.45, 7) is 0. The Labute approximate surface area is 214 Å². The summed E-state index contributed by atoms with van der Waals surface area (Å²) in [7, 11) is 0. The molecule has 2 N–H and O–H groups in total. The molecule has 1 atom stereocenters. The number of nitrogens with zero attached hydrogens (tertiary/aromatic N) is 3. The molecule has 182 valence electrons. The van der Waals surface area contributed by atoms with Gasteiger partial charge in [-0.2, -0.15) is 0 Å². The lowest BCUT2D eigenvalue weighted by Gasteiger charge is -2.24. The Hall–Kier alpha value is -4.70. The quantitative estimate of drug-likeness (QED) is 0.248. The Morgan fingerprint density at radius 1 is 1.03 bits per heavy atom. The van der Waals surface area contributed by atoms with E-state index in [1.165, 1.54) is 28.9 Å². The number of thioether (sulfide) groups is 1. The first-order valence-corrected chi connectivity index (χ1v) is 12.5. The second-order valence-corrected chi connectivity index (χ2v) is 9.60. The molecule has 37 heavy (non-hydrogen) atoms. The first kappa shape index (κ1) is 22.7. The zero-order chi connectivity index (χ0) is 25.5. The maximum absolute atomic E-state index is 13.5. The average molecular weight is 510 g/mol. The minimum atomic E-state index is -0.546. The summed E-state index contributed by atoms with van der Waals surface area (Å²) in [6.07, 6.45) is 0. The van der Waals surface area contributed by atoms with Crippen molar-refractivity contribution in [3.63, 3.8) is 0 Å². The first-order chi connectivity index (χ1) is 18.0. The third-order valence-electron chi connectivity index (χ3n) is 6.23. The van der Waals surface area contributed by atoms with Crippen LogP contribution >= 0.6 is 11.8 Å². The monoisotopic (exact) mass is 509 g/mol. The number of benzene rings is 3. The van der Waals surface area contributed by atoms with Gasteiger partial charge in [-0.1, -0.05) is 60.7 Å². The van der Waals surface area contributed by atoms with Gasteiger partial charge in [0, 0.05) is 34.0 Å². The van der Waals surface area contributed by atoms with Crippen LogP contribution in [0.3, 0.4) is 0 Å². The number of aromatic nitrogens is 2. The summed E-state index contributed by atoms with van der Waals surface area (Å²) in [5.41, 5.74) is 6.07. The number of pyridine rings is 1. The van der Waals surface area contributed by atoms with Crippen molar-refractivity contribution in [1.82, 2.24) is 20.4 Å².